The molecule has 5 heteroatoms. The molecule has 2 rings (SSSR count). The van der Waals surface area contributed by atoms with Crippen LogP contribution in [0.1, 0.15) is 17.9 Å². The van der Waals surface area contributed by atoms with Gasteiger partial charge in [-0.2, -0.15) is 5.26 Å². The summed E-state index contributed by atoms with van der Waals surface area (Å²) in [6, 6.07) is 8.71. The van der Waals surface area contributed by atoms with Crippen LogP contribution < -0.4 is 10.5 Å². The molecule has 0 bridgehead atoms. The molecule has 0 saturated carbocycles. The number of primary amides is 1. The van der Waals surface area contributed by atoms with E-state index in [1.807, 2.05) is 6.07 Å². The molecule has 0 aromatic heterocycles. The van der Waals surface area contributed by atoms with Crippen LogP contribution in [0.4, 0.5) is 0 Å². The largest absolute Gasteiger partial charge is 0.426 e. The first-order valence-corrected chi connectivity index (χ1v) is 5.12. The Bertz CT molecular complexity index is 519. The summed E-state index contributed by atoms with van der Waals surface area (Å²) in [5, 5.41) is 8.96. The van der Waals surface area contributed by atoms with E-state index < -0.39 is 23.7 Å². The van der Waals surface area contributed by atoms with E-state index in [1.54, 1.807) is 24.3 Å². The molecule has 0 saturated heterocycles. The van der Waals surface area contributed by atoms with Crippen LogP contribution in [0.3, 0.4) is 0 Å². The Kier molecular flexibility index (Phi) is 2.79. The predicted octanol–water partition coefficient (Wildman–Crippen LogP) is 0.704. The fraction of sp³-hybridized carbons (Fsp3) is 0.250. The summed E-state index contributed by atoms with van der Waals surface area (Å²) in [4.78, 5) is 22.6. The van der Waals surface area contributed by atoms with Gasteiger partial charge in [0.1, 0.15) is 11.7 Å². The number of rotatable bonds is 2. The van der Waals surface area contributed by atoms with E-state index in [2.05, 4.69) is 0 Å². The number of nitrogens with two attached hydrogens (primary N) is 1. The van der Waals surface area contributed by atoms with Crippen molar-refractivity contribution in [1.29, 1.82) is 5.26 Å². The molecular weight excluding hydrogens is 220 g/mol. The van der Waals surface area contributed by atoms with Crippen molar-refractivity contribution < 1.29 is 14.3 Å². The predicted molar refractivity (Wildman–Crippen MR) is 57.7 cm³/mol. The zero-order chi connectivity index (χ0) is 12.4. The summed E-state index contributed by atoms with van der Waals surface area (Å²) >= 11 is 0. The van der Waals surface area contributed by atoms with Crippen molar-refractivity contribution in [2.75, 3.05) is 0 Å². The number of fused-ring (bicyclic) bond motifs is 1. The maximum absolute atomic E-state index is 11.4. The van der Waals surface area contributed by atoms with Crippen LogP contribution in [0.25, 0.3) is 0 Å². The zero-order valence-corrected chi connectivity index (χ0v) is 8.92. The summed E-state index contributed by atoms with van der Waals surface area (Å²) < 4.78 is 5.04. The molecule has 2 atom stereocenters. The van der Waals surface area contributed by atoms with Gasteiger partial charge in [0.05, 0.1) is 12.5 Å². The van der Waals surface area contributed by atoms with Crippen LogP contribution in [0.2, 0.25) is 0 Å². The third-order valence-electron chi connectivity index (χ3n) is 2.78. The van der Waals surface area contributed by atoms with Gasteiger partial charge in [-0.3, -0.25) is 9.59 Å². The van der Waals surface area contributed by atoms with Crippen LogP contribution in [-0.4, -0.2) is 11.9 Å². The van der Waals surface area contributed by atoms with Gasteiger partial charge in [0.15, 0.2) is 0 Å². The molecule has 17 heavy (non-hydrogen) atoms. The SMILES string of the molecule is N#CC(C(N)=O)C1CC(=O)Oc2ccccc21. The van der Waals surface area contributed by atoms with E-state index in [9.17, 15) is 9.59 Å². The second-order valence-corrected chi connectivity index (χ2v) is 3.83. The number of nitriles is 1. The Morgan fingerprint density at radius 3 is 2.88 bits per heavy atom. The molecule has 5 nitrogen and oxygen atoms in total. The molecule has 0 aliphatic carbocycles. The second-order valence-electron chi connectivity index (χ2n) is 3.83. The first-order valence-electron chi connectivity index (χ1n) is 5.12. The minimum absolute atomic E-state index is 0.00181. The molecule has 2 unspecified atom stereocenters. The number of benzene rings is 1. The molecule has 1 aromatic rings. The smallest absolute Gasteiger partial charge is 0.311 e. The average molecular weight is 230 g/mol. The van der Waals surface area contributed by atoms with Gasteiger partial charge in [-0.25, -0.2) is 0 Å². The highest BCUT2D eigenvalue weighted by molar-refractivity contribution is 5.84. The third kappa shape index (κ3) is 1.97. The van der Waals surface area contributed by atoms with Gasteiger partial charge in [-0.1, -0.05) is 18.2 Å². The number of nitrogens with zero attached hydrogens (tertiary/aromatic N) is 1. The maximum Gasteiger partial charge on any atom is 0.311 e. The number of hydrogen-bond donors (Lipinski definition) is 1. The van der Waals surface area contributed by atoms with Gasteiger partial charge < -0.3 is 10.5 Å². The van der Waals surface area contributed by atoms with Crippen LogP contribution in [-0.2, 0) is 9.59 Å². The molecule has 0 fully saturated rings. The van der Waals surface area contributed by atoms with E-state index in [1.165, 1.54) is 0 Å². The molecule has 86 valence electrons. The lowest BCUT2D eigenvalue weighted by atomic mass is 9.82. The molecule has 1 aliphatic heterocycles. The van der Waals surface area contributed by atoms with Crippen molar-refractivity contribution in [3.8, 4) is 11.8 Å². The highest BCUT2D eigenvalue weighted by Crippen LogP contribution is 2.38. The summed E-state index contributed by atoms with van der Waals surface area (Å²) in [5.41, 5.74) is 5.85. The lowest BCUT2D eigenvalue weighted by Crippen LogP contribution is -2.32. The van der Waals surface area contributed by atoms with E-state index >= 15 is 0 Å². The van der Waals surface area contributed by atoms with Gasteiger partial charge in [-0.15, -0.1) is 0 Å². The maximum atomic E-state index is 11.4. The van der Waals surface area contributed by atoms with Crippen LogP contribution in [0.5, 0.6) is 5.75 Å². The number of para-hydroxylation sites is 1. The quantitative estimate of drug-likeness (QED) is 0.597. The number of carbonyl (C=O) groups excluding carboxylic acids is 2. The topological polar surface area (TPSA) is 93.2 Å². The van der Waals surface area contributed by atoms with Crippen molar-refractivity contribution in [3.05, 3.63) is 29.8 Å². The lowest BCUT2D eigenvalue weighted by molar-refractivity contribution is -0.136. The van der Waals surface area contributed by atoms with E-state index in [4.69, 9.17) is 15.7 Å². The summed E-state index contributed by atoms with van der Waals surface area (Å²) in [7, 11) is 0. The number of amides is 1. The Morgan fingerprint density at radius 2 is 2.24 bits per heavy atom. The molecule has 2 N–H and O–H groups in total. The van der Waals surface area contributed by atoms with Gasteiger partial charge in [-0.05, 0) is 6.07 Å². The van der Waals surface area contributed by atoms with Gasteiger partial charge >= 0.3 is 5.97 Å². The first kappa shape index (κ1) is 11.1. The standard InChI is InChI=1S/C12H10N2O3/c13-6-9(12(14)16)8-5-11(15)17-10-4-2-1-3-7(8)10/h1-4,8-9H,5H2,(H2,14,16). The summed E-state index contributed by atoms with van der Waals surface area (Å²) in [6.45, 7) is 0. The number of carbonyl (C=O) groups is 2. The van der Waals surface area contributed by atoms with Crippen LogP contribution in [0.15, 0.2) is 24.3 Å². The molecule has 0 radical (unpaired) electrons. The minimum atomic E-state index is -1.01. The zero-order valence-electron chi connectivity index (χ0n) is 8.92. The van der Waals surface area contributed by atoms with Gasteiger partial charge in [0.2, 0.25) is 5.91 Å². The first-order chi connectivity index (χ1) is 8.13. The average Bonchev–Trinajstić information content (AvgIpc) is 2.29. The molecule has 1 amide bonds. The molecule has 1 aromatic carbocycles. The van der Waals surface area contributed by atoms with Gasteiger partial charge in [0.25, 0.3) is 0 Å². The molecule has 1 heterocycles. The summed E-state index contributed by atoms with van der Waals surface area (Å²) in [5.74, 6) is -2.30. The van der Waals surface area contributed by atoms with Crippen molar-refractivity contribution in [2.45, 2.75) is 12.3 Å². The second kappa shape index (κ2) is 4.26. The number of hydrogen-bond acceptors (Lipinski definition) is 4. The Labute approximate surface area is 97.8 Å². The highest BCUT2D eigenvalue weighted by atomic mass is 16.5. The summed E-state index contributed by atoms with van der Waals surface area (Å²) in [6.07, 6.45) is -0.00181. The molecule has 0 spiro atoms. The van der Waals surface area contributed by atoms with E-state index in [-0.39, 0.29) is 6.42 Å². The Balaban J connectivity index is 2.46. The van der Waals surface area contributed by atoms with Crippen molar-refractivity contribution >= 4 is 11.9 Å². The normalized spacial score (nSPS) is 19.7. The Hall–Kier alpha value is -2.35. The van der Waals surface area contributed by atoms with Gasteiger partial charge in [0, 0.05) is 11.5 Å². The number of ether oxygens (including phenoxy) is 1. The molecule has 1 aliphatic rings. The monoisotopic (exact) mass is 230 g/mol. The fourth-order valence-electron chi connectivity index (χ4n) is 1.98. The fourth-order valence-corrected chi connectivity index (χ4v) is 1.98. The van der Waals surface area contributed by atoms with Crippen molar-refractivity contribution in [3.63, 3.8) is 0 Å². The van der Waals surface area contributed by atoms with Crippen molar-refractivity contribution in [2.24, 2.45) is 11.7 Å². The van der Waals surface area contributed by atoms with Crippen LogP contribution >= 0.6 is 0 Å². The van der Waals surface area contributed by atoms with E-state index in [0.29, 0.717) is 11.3 Å². The molecular formula is C12H10N2O3. The van der Waals surface area contributed by atoms with E-state index in [0.717, 1.165) is 0 Å². The Morgan fingerprint density at radius 1 is 1.53 bits per heavy atom. The minimum Gasteiger partial charge on any atom is -0.426 e. The third-order valence-corrected chi connectivity index (χ3v) is 2.78. The van der Waals surface area contributed by atoms with Crippen LogP contribution in [0, 0.1) is 17.2 Å². The highest BCUT2D eigenvalue weighted by Gasteiger charge is 2.35. The lowest BCUT2D eigenvalue weighted by Gasteiger charge is -2.25. The number of esters is 1. The van der Waals surface area contributed by atoms with Crippen molar-refractivity contribution in [1.82, 2.24) is 0 Å².